The molecule has 2 amide bonds. The largest absolute Gasteiger partial charge is 0.332 e. The molecular weight excluding hydrogens is 410 g/mol. The number of carbonyl (C=O) groups excluding carboxylic acids is 2. The number of nitrogens with one attached hydrogen (secondary N) is 2. The highest BCUT2D eigenvalue weighted by Gasteiger charge is 2.25. The Balaban J connectivity index is 1.50. The third-order valence-corrected chi connectivity index (χ3v) is 6.33. The summed E-state index contributed by atoms with van der Waals surface area (Å²) in [5.41, 5.74) is 5.36. The van der Waals surface area contributed by atoms with Crippen molar-refractivity contribution in [1.82, 2.24) is 4.57 Å². The minimum atomic E-state index is -0.162. The maximum atomic E-state index is 13.3. The van der Waals surface area contributed by atoms with Crippen molar-refractivity contribution in [3.8, 4) is 0 Å². The Kier molecular flexibility index (Phi) is 5.69. The number of amides is 2. The van der Waals surface area contributed by atoms with Gasteiger partial charge in [-0.25, -0.2) is 0 Å². The fourth-order valence-corrected chi connectivity index (χ4v) is 4.33. The first-order valence-electron chi connectivity index (χ1n) is 11.4. The molecule has 1 aromatic heterocycles. The number of para-hydroxylation sites is 1. The second-order valence-corrected chi connectivity index (χ2v) is 8.82. The second-order valence-electron chi connectivity index (χ2n) is 8.82. The van der Waals surface area contributed by atoms with E-state index in [0.29, 0.717) is 12.2 Å². The Bertz CT molecular complexity index is 1320. The van der Waals surface area contributed by atoms with Gasteiger partial charge in [-0.3, -0.25) is 9.59 Å². The first-order chi connectivity index (χ1) is 16.1. The number of rotatable bonds is 6. The Morgan fingerprint density at radius 3 is 2.42 bits per heavy atom. The van der Waals surface area contributed by atoms with Crippen LogP contribution in [-0.4, -0.2) is 16.4 Å². The molecule has 5 rings (SSSR count). The Labute approximate surface area is 193 Å². The Morgan fingerprint density at radius 1 is 0.879 bits per heavy atom. The zero-order valence-electron chi connectivity index (χ0n) is 18.7. The Morgan fingerprint density at radius 2 is 1.70 bits per heavy atom. The van der Waals surface area contributed by atoms with E-state index in [-0.39, 0.29) is 17.7 Å². The number of anilines is 2. The van der Waals surface area contributed by atoms with Crippen molar-refractivity contribution in [2.75, 3.05) is 10.6 Å². The SMILES string of the molecule is Cc1cccc(Cn2c(C(=O)Nc3ccccc3)cc3cc(NC(=O)C4CCC4)ccc32)c1. The minimum Gasteiger partial charge on any atom is -0.332 e. The standard InChI is InChI=1S/C28H27N3O2/c1-19-7-5-8-20(15-19)18-31-25-14-13-24(30-27(32)21-9-6-10-21)16-22(25)17-26(31)28(33)29-23-11-3-2-4-12-23/h2-5,7-8,11-17,21H,6,9-10,18H2,1H3,(H,29,33)(H,30,32). The summed E-state index contributed by atoms with van der Waals surface area (Å²) in [5.74, 6) is 0.0470. The number of nitrogens with zero attached hydrogens (tertiary/aromatic N) is 1. The molecule has 0 unspecified atom stereocenters. The number of carbonyl (C=O) groups is 2. The molecule has 0 saturated heterocycles. The van der Waals surface area contributed by atoms with Crippen LogP contribution in [0.1, 0.15) is 40.9 Å². The summed E-state index contributed by atoms with van der Waals surface area (Å²) in [6.07, 6.45) is 3.05. The fourth-order valence-electron chi connectivity index (χ4n) is 4.33. The monoisotopic (exact) mass is 437 g/mol. The highest BCUT2D eigenvalue weighted by atomic mass is 16.2. The van der Waals surface area contributed by atoms with Crippen LogP contribution in [0.25, 0.3) is 10.9 Å². The number of hydrogen-bond donors (Lipinski definition) is 2. The van der Waals surface area contributed by atoms with Crippen LogP contribution in [0.5, 0.6) is 0 Å². The molecule has 0 atom stereocenters. The van der Waals surface area contributed by atoms with Crippen LogP contribution < -0.4 is 10.6 Å². The number of aromatic nitrogens is 1. The Hall–Kier alpha value is -3.86. The predicted octanol–water partition coefficient (Wildman–Crippen LogP) is 5.99. The van der Waals surface area contributed by atoms with E-state index in [1.165, 1.54) is 5.56 Å². The summed E-state index contributed by atoms with van der Waals surface area (Å²) in [4.78, 5) is 25.7. The van der Waals surface area contributed by atoms with Crippen LogP contribution in [0.15, 0.2) is 78.9 Å². The highest BCUT2D eigenvalue weighted by Crippen LogP contribution is 2.29. The van der Waals surface area contributed by atoms with E-state index in [9.17, 15) is 9.59 Å². The van der Waals surface area contributed by atoms with E-state index in [1.807, 2.05) is 65.2 Å². The van der Waals surface area contributed by atoms with Crippen molar-refractivity contribution in [2.45, 2.75) is 32.7 Å². The van der Waals surface area contributed by atoms with Gasteiger partial charge in [0.15, 0.2) is 0 Å². The lowest BCUT2D eigenvalue weighted by Crippen LogP contribution is -2.27. The van der Waals surface area contributed by atoms with Gasteiger partial charge in [0.25, 0.3) is 5.91 Å². The fraction of sp³-hybridized carbons (Fsp3) is 0.214. The third-order valence-electron chi connectivity index (χ3n) is 6.33. The summed E-state index contributed by atoms with van der Waals surface area (Å²) < 4.78 is 2.04. The van der Waals surface area contributed by atoms with E-state index in [0.717, 1.165) is 47.1 Å². The van der Waals surface area contributed by atoms with E-state index in [1.54, 1.807) is 0 Å². The molecule has 3 aromatic carbocycles. The molecule has 1 heterocycles. The van der Waals surface area contributed by atoms with Crippen LogP contribution >= 0.6 is 0 Å². The van der Waals surface area contributed by atoms with Gasteiger partial charge in [0.05, 0.1) is 0 Å². The zero-order chi connectivity index (χ0) is 22.8. The first-order valence-corrected chi connectivity index (χ1v) is 11.4. The lowest BCUT2D eigenvalue weighted by molar-refractivity contribution is -0.122. The topological polar surface area (TPSA) is 63.1 Å². The van der Waals surface area contributed by atoms with Gasteiger partial charge < -0.3 is 15.2 Å². The van der Waals surface area contributed by atoms with E-state index >= 15 is 0 Å². The summed E-state index contributed by atoms with van der Waals surface area (Å²) in [6.45, 7) is 2.65. The molecule has 0 aliphatic heterocycles. The molecule has 1 saturated carbocycles. The summed E-state index contributed by atoms with van der Waals surface area (Å²) in [7, 11) is 0. The van der Waals surface area contributed by atoms with Gasteiger partial charge in [-0.05, 0) is 61.7 Å². The van der Waals surface area contributed by atoms with Crippen LogP contribution in [0.2, 0.25) is 0 Å². The summed E-state index contributed by atoms with van der Waals surface area (Å²) in [6, 6.07) is 25.5. The molecule has 166 valence electrons. The molecule has 4 aromatic rings. The molecule has 5 nitrogen and oxygen atoms in total. The molecule has 0 spiro atoms. The van der Waals surface area contributed by atoms with Gasteiger partial charge in [0, 0.05) is 34.7 Å². The lowest BCUT2D eigenvalue weighted by atomic mass is 9.85. The molecule has 2 N–H and O–H groups in total. The van der Waals surface area contributed by atoms with Crippen LogP contribution in [0.3, 0.4) is 0 Å². The normalized spacial score (nSPS) is 13.5. The predicted molar refractivity (Wildman–Crippen MR) is 133 cm³/mol. The van der Waals surface area contributed by atoms with Crippen molar-refractivity contribution in [3.63, 3.8) is 0 Å². The van der Waals surface area contributed by atoms with Gasteiger partial charge in [-0.15, -0.1) is 0 Å². The van der Waals surface area contributed by atoms with Gasteiger partial charge in [-0.2, -0.15) is 0 Å². The van der Waals surface area contributed by atoms with Crippen molar-refractivity contribution in [2.24, 2.45) is 5.92 Å². The van der Waals surface area contributed by atoms with E-state index in [2.05, 4.69) is 35.8 Å². The molecule has 33 heavy (non-hydrogen) atoms. The number of benzene rings is 3. The van der Waals surface area contributed by atoms with E-state index in [4.69, 9.17) is 0 Å². The average Bonchev–Trinajstić information content (AvgIpc) is 3.11. The van der Waals surface area contributed by atoms with Crippen molar-refractivity contribution < 1.29 is 9.59 Å². The number of fused-ring (bicyclic) bond motifs is 1. The van der Waals surface area contributed by atoms with Gasteiger partial charge in [-0.1, -0.05) is 54.4 Å². The molecule has 0 bridgehead atoms. The lowest BCUT2D eigenvalue weighted by Gasteiger charge is -2.24. The highest BCUT2D eigenvalue weighted by molar-refractivity contribution is 6.07. The van der Waals surface area contributed by atoms with E-state index < -0.39 is 0 Å². The molecular formula is C28H27N3O2. The molecule has 0 radical (unpaired) electrons. The van der Waals surface area contributed by atoms with Crippen molar-refractivity contribution in [3.05, 3.63) is 95.7 Å². The maximum Gasteiger partial charge on any atom is 0.272 e. The number of hydrogen-bond acceptors (Lipinski definition) is 2. The maximum absolute atomic E-state index is 13.3. The smallest absolute Gasteiger partial charge is 0.272 e. The quantitative estimate of drug-likeness (QED) is 0.389. The third kappa shape index (κ3) is 4.53. The molecule has 1 aliphatic carbocycles. The minimum absolute atomic E-state index is 0.0850. The average molecular weight is 438 g/mol. The summed E-state index contributed by atoms with van der Waals surface area (Å²) in [5, 5.41) is 6.97. The van der Waals surface area contributed by atoms with Gasteiger partial charge in [0.2, 0.25) is 5.91 Å². The molecule has 1 aliphatic rings. The van der Waals surface area contributed by atoms with Gasteiger partial charge >= 0.3 is 0 Å². The molecule has 5 heteroatoms. The first kappa shape index (κ1) is 21.0. The second kappa shape index (κ2) is 8.94. The van der Waals surface area contributed by atoms with Crippen LogP contribution in [-0.2, 0) is 11.3 Å². The number of aryl methyl sites for hydroxylation is 1. The van der Waals surface area contributed by atoms with Crippen LogP contribution in [0.4, 0.5) is 11.4 Å². The molecule has 1 fully saturated rings. The zero-order valence-corrected chi connectivity index (χ0v) is 18.7. The summed E-state index contributed by atoms with van der Waals surface area (Å²) >= 11 is 0. The van der Waals surface area contributed by atoms with Crippen molar-refractivity contribution in [1.29, 1.82) is 0 Å². The van der Waals surface area contributed by atoms with Crippen molar-refractivity contribution >= 4 is 34.1 Å². The van der Waals surface area contributed by atoms with Gasteiger partial charge in [0.1, 0.15) is 5.69 Å². The van der Waals surface area contributed by atoms with Crippen LogP contribution in [0, 0.1) is 12.8 Å².